The Bertz CT molecular complexity index is 453. The second kappa shape index (κ2) is 5.54. The molecular formula is C16H20O4. The predicted octanol–water partition coefficient (Wildman–Crippen LogP) is 2.52. The SMILES string of the molecule is C[C@@H]1[C@@H](OCc2ccccc2)[C@@H](C)[C@H]2OC(=O)C[C@@H]1O2. The van der Waals surface area contributed by atoms with Gasteiger partial charge in [0.1, 0.15) is 0 Å². The van der Waals surface area contributed by atoms with Crippen molar-refractivity contribution in [2.75, 3.05) is 0 Å². The molecule has 2 saturated heterocycles. The van der Waals surface area contributed by atoms with Crippen LogP contribution < -0.4 is 0 Å². The lowest BCUT2D eigenvalue weighted by atomic mass is 9.83. The third-order valence-corrected chi connectivity index (χ3v) is 4.26. The second-order valence-corrected chi connectivity index (χ2v) is 5.72. The Morgan fingerprint density at radius 2 is 1.95 bits per heavy atom. The topological polar surface area (TPSA) is 44.8 Å². The van der Waals surface area contributed by atoms with Crippen molar-refractivity contribution in [1.29, 1.82) is 0 Å². The molecule has 0 unspecified atom stereocenters. The van der Waals surface area contributed by atoms with Crippen molar-refractivity contribution in [3.05, 3.63) is 35.9 Å². The van der Waals surface area contributed by atoms with E-state index in [1.807, 2.05) is 25.1 Å². The summed E-state index contributed by atoms with van der Waals surface area (Å²) >= 11 is 0. The van der Waals surface area contributed by atoms with E-state index >= 15 is 0 Å². The van der Waals surface area contributed by atoms with Gasteiger partial charge >= 0.3 is 5.97 Å². The largest absolute Gasteiger partial charge is 0.435 e. The average Bonchev–Trinajstić information content (AvgIpc) is 2.46. The molecule has 108 valence electrons. The number of esters is 1. The molecule has 2 heterocycles. The summed E-state index contributed by atoms with van der Waals surface area (Å²) in [6.07, 6.45) is -0.168. The van der Waals surface area contributed by atoms with E-state index in [4.69, 9.17) is 14.2 Å². The maximum Gasteiger partial charge on any atom is 0.310 e. The van der Waals surface area contributed by atoms with Crippen LogP contribution in [0.1, 0.15) is 25.8 Å². The van der Waals surface area contributed by atoms with Gasteiger partial charge in [0.15, 0.2) is 0 Å². The Labute approximate surface area is 119 Å². The van der Waals surface area contributed by atoms with Crippen LogP contribution in [0.3, 0.4) is 0 Å². The molecule has 0 spiro atoms. The van der Waals surface area contributed by atoms with Gasteiger partial charge in [-0.25, -0.2) is 0 Å². The molecule has 1 aromatic rings. The van der Waals surface area contributed by atoms with Gasteiger partial charge in [0, 0.05) is 11.8 Å². The lowest BCUT2D eigenvalue weighted by Crippen LogP contribution is -2.55. The van der Waals surface area contributed by atoms with Crippen LogP contribution in [0, 0.1) is 11.8 Å². The first-order chi connectivity index (χ1) is 9.65. The molecule has 20 heavy (non-hydrogen) atoms. The molecule has 4 heteroatoms. The van der Waals surface area contributed by atoms with Crippen molar-refractivity contribution < 1.29 is 19.0 Å². The van der Waals surface area contributed by atoms with E-state index in [-0.39, 0.29) is 30.0 Å². The normalized spacial score (nSPS) is 36.5. The van der Waals surface area contributed by atoms with E-state index in [9.17, 15) is 4.79 Å². The summed E-state index contributed by atoms with van der Waals surface area (Å²) in [4.78, 5) is 11.5. The minimum absolute atomic E-state index is 0.0482. The summed E-state index contributed by atoms with van der Waals surface area (Å²) in [5.74, 6) is 0.0819. The van der Waals surface area contributed by atoms with Gasteiger partial charge in [-0.15, -0.1) is 0 Å². The molecule has 0 N–H and O–H groups in total. The monoisotopic (exact) mass is 276 g/mol. The van der Waals surface area contributed by atoms with Gasteiger partial charge in [-0.2, -0.15) is 0 Å². The molecule has 0 saturated carbocycles. The zero-order valence-electron chi connectivity index (χ0n) is 11.8. The first-order valence-corrected chi connectivity index (χ1v) is 7.15. The summed E-state index contributed by atoms with van der Waals surface area (Å²) < 4.78 is 17.1. The summed E-state index contributed by atoms with van der Waals surface area (Å²) in [7, 11) is 0. The van der Waals surface area contributed by atoms with Gasteiger partial charge in [0.05, 0.1) is 25.2 Å². The minimum Gasteiger partial charge on any atom is -0.435 e. The Balaban J connectivity index is 1.68. The Hall–Kier alpha value is -1.39. The fourth-order valence-corrected chi connectivity index (χ4v) is 3.05. The zero-order valence-corrected chi connectivity index (χ0v) is 11.8. The van der Waals surface area contributed by atoms with Crippen LogP contribution >= 0.6 is 0 Å². The summed E-state index contributed by atoms with van der Waals surface area (Å²) in [5, 5.41) is 0. The zero-order chi connectivity index (χ0) is 14.1. The van der Waals surface area contributed by atoms with Crippen LogP contribution in [0.5, 0.6) is 0 Å². The van der Waals surface area contributed by atoms with Crippen LogP contribution in [-0.2, 0) is 25.6 Å². The number of benzene rings is 1. The van der Waals surface area contributed by atoms with Crippen LogP contribution in [0.25, 0.3) is 0 Å². The maximum absolute atomic E-state index is 11.5. The Morgan fingerprint density at radius 1 is 1.20 bits per heavy atom. The van der Waals surface area contributed by atoms with Gasteiger partial charge < -0.3 is 14.2 Å². The highest BCUT2D eigenvalue weighted by Crippen LogP contribution is 2.37. The molecule has 2 aliphatic rings. The van der Waals surface area contributed by atoms with E-state index in [0.717, 1.165) is 5.56 Å². The molecule has 5 atom stereocenters. The number of hydrogen-bond acceptors (Lipinski definition) is 4. The molecule has 3 rings (SSSR count). The molecule has 2 aliphatic heterocycles. The van der Waals surface area contributed by atoms with E-state index in [1.54, 1.807) is 0 Å². The number of rotatable bonds is 3. The van der Waals surface area contributed by atoms with Crippen molar-refractivity contribution in [1.82, 2.24) is 0 Å². The van der Waals surface area contributed by atoms with E-state index in [0.29, 0.717) is 13.0 Å². The van der Waals surface area contributed by atoms with Gasteiger partial charge in [0.2, 0.25) is 6.29 Å². The first-order valence-electron chi connectivity index (χ1n) is 7.15. The molecular weight excluding hydrogens is 256 g/mol. The minimum atomic E-state index is -0.460. The number of fused-ring (bicyclic) bond motifs is 2. The maximum atomic E-state index is 11.5. The summed E-state index contributed by atoms with van der Waals surface area (Å²) in [5.41, 5.74) is 1.15. The number of carbonyl (C=O) groups is 1. The summed E-state index contributed by atoms with van der Waals surface area (Å²) in [6, 6.07) is 10.1. The van der Waals surface area contributed by atoms with E-state index in [2.05, 4.69) is 19.1 Å². The van der Waals surface area contributed by atoms with Crippen LogP contribution in [0.4, 0.5) is 0 Å². The quantitative estimate of drug-likeness (QED) is 0.796. The number of carbonyl (C=O) groups excluding carboxylic acids is 1. The van der Waals surface area contributed by atoms with Gasteiger partial charge in [-0.1, -0.05) is 44.2 Å². The molecule has 2 bridgehead atoms. The molecule has 2 fully saturated rings. The van der Waals surface area contributed by atoms with Crippen molar-refractivity contribution in [2.24, 2.45) is 11.8 Å². The van der Waals surface area contributed by atoms with Crippen molar-refractivity contribution in [3.63, 3.8) is 0 Å². The summed E-state index contributed by atoms with van der Waals surface area (Å²) in [6.45, 7) is 4.69. The predicted molar refractivity (Wildman–Crippen MR) is 72.7 cm³/mol. The molecule has 0 aromatic heterocycles. The molecule has 0 aliphatic carbocycles. The molecule has 0 radical (unpaired) electrons. The molecule has 1 aromatic carbocycles. The second-order valence-electron chi connectivity index (χ2n) is 5.72. The number of hydrogen-bond donors (Lipinski definition) is 0. The van der Waals surface area contributed by atoms with Gasteiger partial charge in [-0.05, 0) is 5.56 Å². The van der Waals surface area contributed by atoms with Crippen LogP contribution in [0.15, 0.2) is 30.3 Å². The highest BCUT2D eigenvalue weighted by atomic mass is 16.7. The van der Waals surface area contributed by atoms with E-state index in [1.165, 1.54) is 0 Å². The highest BCUT2D eigenvalue weighted by molar-refractivity contribution is 5.70. The standard InChI is InChI=1S/C16H20O4/c1-10-13-8-14(17)20-16(19-13)11(2)15(10)18-9-12-6-4-3-5-7-12/h3-7,10-11,13,15-16H,8-9H2,1-2H3/t10-,11+,13-,15+,16+/m0/s1. The smallest absolute Gasteiger partial charge is 0.310 e. The third-order valence-electron chi connectivity index (χ3n) is 4.26. The fourth-order valence-electron chi connectivity index (χ4n) is 3.05. The highest BCUT2D eigenvalue weighted by Gasteiger charge is 2.47. The van der Waals surface area contributed by atoms with Crippen molar-refractivity contribution in [2.45, 2.75) is 45.4 Å². The van der Waals surface area contributed by atoms with E-state index < -0.39 is 6.29 Å². The Morgan fingerprint density at radius 3 is 2.70 bits per heavy atom. The van der Waals surface area contributed by atoms with Crippen LogP contribution in [-0.4, -0.2) is 24.5 Å². The Kier molecular flexibility index (Phi) is 3.76. The molecule has 4 nitrogen and oxygen atoms in total. The molecule has 0 amide bonds. The lowest BCUT2D eigenvalue weighted by Gasteiger charge is -2.46. The lowest BCUT2D eigenvalue weighted by molar-refractivity contribution is -0.285. The van der Waals surface area contributed by atoms with Crippen molar-refractivity contribution in [3.8, 4) is 0 Å². The van der Waals surface area contributed by atoms with Crippen LogP contribution in [0.2, 0.25) is 0 Å². The van der Waals surface area contributed by atoms with Gasteiger partial charge in [-0.3, -0.25) is 4.79 Å². The van der Waals surface area contributed by atoms with Gasteiger partial charge in [0.25, 0.3) is 0 Å². The first kappa shape index (κ1) is 13.6. The number of ether oxygens (including phenoxy) is 3. The fraction of sp³-hybridized carbons (Fsp3) is 0.562. The van der Waals surface area contributed by atoms with Crippen molar-refractivity contribution >= 4 is 5.97 Å². The third kappa shape index (κ3) is 2.58. The average molecular weight is 276 g/mol.